The zero-order valence-corrected chi connectivity index (χ0v) is 14.4. The lowest BCUT2D eigenvalue weighted by Crippen LogP contribution is -2.46. The van der Waals surface area contributed by atoms with Crippen molar-refractivity contribution in [2.75, 3.05) is 13.2 Å². The molecule has 0 radical (unpaired) electrons. The molecule has 2 heterocycles. The molecule has 1 aromatic carbocycles. The molecule has 1 amide bonds. The van der Waals surface area contributed by atoms with Gasteiger partial charge in [-0.1, -0.05) is 25.0 Å². The van der Waals surface area contributed by atoms with Crippen LogP contribution in [0.25, 0.3) is 0 Å². The number of rotatable bonds is 3. The lowest BCUT2D eigenvalue weighted by molar-refractivity contribution is -0.141. The van der Waals surface area contributed by atoms with E-state index in [1.54, 1.807) is 4.90 Å². The molecule has 5 heteroatoms. The normalized spacial score (nSPS) is 31.8. The number of fused-ring (bicyclic) bond motifs is 1. The van der Waals surface area contributed by atoms with Gasteiger partial charge in [-0.25, -0.2) is 4.79 Å². The molecule has 2 aliphatic heterocycles. The fourth-order valence-corrected chi connectivity index (χ4v) is 4.84. The van der Waals surface area contributed by atoms with E-state index < -0.39 is 12.0 Å². The van der Waals surface area contributed by atoms with Gasteiger partial charge in [-0.15, -0.1) is 0 Å². The zero-order chi connectivity index (χ0) is 17.4. The molecule has 0 spiro atoms. The number of carbonyl (C=O) groups is 2. The van der Waals surface area contributed by atoms with Crippen molar-refractivity contribution in [3.63, 3.8) is 0 Å². The van der Waals surface area contributed by atoms with Crippen LogP contribution in [-0.4, -0.2) is 47.2 Å². The van der Waals surface area contributed by atoms with E-state index >= 15 is 0 Å². The number of amides is 1. The van der Waals surface area contributed by atoms with Crippen molar-refractivity contribution in [2.45, 2.75) is 56.5 Å². The number of benzene rings is 1. The Labute approximate surface area is 148 Å². The highest BCUT2D eigenvalue weighted by Crippen LogP contribution is 2.40. The van der Waals surface area contributed by atoms with Gasteiger partial charge in [0.2, 0.25) is 0 Å². The first-order valence-corrected chi connectivity index (χ1v) is 9.38. The highest BCUT2D eigenvalue weighted by molar-refractivity contribution is 5.97. The molecule has 4 unspecified atom stereocenters. The quantitative estimate of drug-likeness (QED) is 0.916. The predicted octanol–water partition coefficient (Wildman–Crippen LogP) is 3.05. The maximum absolute atomic E-state index is 13.2. The number of carbonyl (C=O) groups excluding carboxylic acids is 1. The molecule has 0 bridgehead atoms. The van der Waals surface area contributed by atoms with Crippen LogP contribution in [0, 0.1) is 5.92 Å². The van der Waals surface area contributed by atoms with Crippen LogP contribution >= 0.6 is 0 Å². The Morgan fingerprint density at radius 3 is 2.76 bits per heavy atom. The Hall–Kier alpha value is -1.88. The molecule has 0 aromatic heterocycles. The molecule has 1 aliphatic carbocycles. The van der Waals surface area contributed by atoms with E-state index in [-0.39, 0.29) is 11.9 Å². The van der Waals surface area contributed by atoms with Crippen molar-refractivity contribution >= 4 is 11.9 Å². The lowest BCUT2D eigenvalue weighted by Gasteiger charge is -2.33. The fraction of sp³-hybridized carbons (Fsp3) is 0.600. The van der Waals surface area contributed by atoms with E-state index in [4.69, 9.17) is 4.74 Å². The largest absolute Gasteiger partial charge is 0.480 e. The first-order chi connectivity index (χ1) is 12.1. The summed E-state index contributed by atoms with van der Waals surface area (Å²) in [4.78, 5) is 26.6. The van der Waals surface area contributed by atoms with Gasteiger partial charge in [0.1, 0.15) is 6.04 Å². The Morgan fingerprint density at radius 2 is 2.00 bits per heavy atom. The van der Waals surface area contributed by atoms with Crippen LogP contribution in [0.4, 0.5) is 0 Å². The topological polar surface area (TPSA) is 66.8 Å². The minimum atomic E-state index is -0.872. The lowest BCUT2D eigenvalue weighted by atomic mass is 9.84. The van der Waals surface area contributed by atoms with E-state index in [9.17, 15) is 14.7 Å². The Bertz CT molecular complexity index is 667. The van der Waals surface area contributed by atoms with E-state index in [0.717, 1.165) is 44.3 Å². The van der Waals surface area contributed by atoms with Gasteiger partial charge in [-0.2, -0.15) is 0 Å². The Balaban J connectivity index is 1.62. The van der Waals surface area contributed by atoms with Crippen LogP contribution in [0.5, 0.6) is 0 Å². The van der Waals surface area contributed by atoms with E-state index in [0.29, 0.717) is 30.4 Å². The summed E-state index contributed by atoms with van der Waals surface area (Å²) >= 11 is 0. The monoisotopic (exact) mass is 343 g/mol. The predicted molar refractivity (Wildman–Crippen MR) is 92.6 cm³/mol. The van der Waals surface area contributed by atoms with Crippen molar-refractivity contribution < 1.29 is 19.4 Å². The number of ether oxygens (including phenoxy) is 1. The third-order valence-electron chi connectivity index (χ3n) is 6.14. The summed E-state index contributed by atoms with van der Waals surface area (Å²) in [6.45, 7) is 1.46. The standard InChI is InChI=1S/C20H25NO4/c22-19(15-6-3-5-13(10-15)16-8-9-25-12-16)21-17-7-2-1-4-14(17)11-18(21)20(23)24/h3,5-6,10,14,16-18H,1-2,4,7-9,11-12H2,(H,23,24). The number of hydrogen-bond donors (Lipinski definition) is 1. The second kappa shape index (κ2) is 6.79. The number of hydrogen-bond acceptors (Lipinski definition) is 3. The highest BCUT2D eigenvalue weighted by Gasteiger charge is 2.47. The number of carboxylic acid groups (broad SMARTS) is 1. The molecule has 1 aromatic rings. The second-order valence-corrected chi connectivity index (χ2v) is 7.60. The molecule has 25 heavy (non-hydrogen) atoms. The molecule has 4 atom stereocenters. The summed E-state index contributed by atoms with van der Waals surface area (Å²) in [5.41, 5.74) is 1.73. The maximum atomic E-state index is 13.2. The molecular formula is C20H25NO4. The Kier molecular flexibility index (Phi) is 4.50. The summed E-state index contributed by atoms with van der Waals surface area (Å²) in [6.07, 6.45) is 5.77. The van der Waals surface area contributed by atoms with Crippen molar-refractivity contribution in [1.29, 1.82) is 0 Å². The molecular weight excluding hydrogens is 318 g/mol. The molecule has 1 saturated carbocycles. The minimum Gasteiger partial charge on any atom is -0.480 e. The molecule has 134 valence electrons. The molecule has 3 fully saturated rings. The average molecular weight is 343 g/mol. The van der Waals surface area contributed by atoms with E-state index in [1.165, 1.54) is 0 Å². The fourth-order valence-electron chi connectivity index (χ4n) is 4.84. The minimum absolute atomic E-state index is 0.0841. The SMILES string of the molecule is O=C(O)C1CC2CCCCC2N1C(=O)c1cccc(C2CCOC2)c1. The van der Waals surface area contributed by atoms with Crippen LogP contribution in [0.1, 0.15) is 60.4 Å². The summed E-state index contributed by atoms with van der Waals surface area (Å²) in [7, 11) is 0. The van der Waals surface area contributed by atoms with Crippen LogP contribution in [0.3, 0.4) is 0 Å². The molecule has 4 rings (SSSR count). The van der Waals surface area contributed by atoms with Gasteiger partial charge >= 0.3 is 5.97 Å². The summed E-state index contributed by atoms with van der Waals surface area (Å²) < 4.78 is 5.46. The number of nitrogens with zero attached hydrogens (tertiary/aromatic N) is 1. The first kappa shape index (κ1) is 16.6. The van der Waals surface area contributed by atoms with Gasteiger partial charge in [-0.05, 0) is 49.3 Å². The number of aliphatic carboxylic acids is 1. The summed E-state index contributed by atoms with van der Waals surface area (Å²) in [5, 5.41) is 9.64. The summed E-state index contributed by atoms with van der Waals surface area (Å²) in [5.74, 6) is -0.320. The van der Waals surface area contributed by atoms with Crippen molar-refractivity contribution in [3.8, 4) is 0 Å². The third-order valence-corrected chi connectivity index (χ3v) is 6.14. The van der Waals surface area contributed by atoms with Gasteiger partial charge in [0.25, 0.3) is 5.91 Å². The van der Waals surface area contributed by atoms with Crippen molar-refractivity contribution in [1.82, 2.24) is 4.90 Å². The highest BCUT2D eigenvalue weighted by atomic mass is 16.5. The third kappa shape index (κ3) is 3.06. The van der Waals surface area contributed by atoms with Crippen LogP contribution in [0.15, 0.2) is 24.3 Å². The second-order valence-electron chi connectivity index (χ2n) is 7.60. The van der Waals surface area contributed by atoms with Gasteiger partial charge in [0.15, 0.2) is 0 Å². The zero-order valence-electron chi connectivity index (χ0n) is 14.4. The van der Waals surface area contributed by atoms with Gasteiger partial charge in [-0.3, -0.25) is 4.79 Å². The van der Waals surface area contributed by atoms with Gasteiger partial charge < -0.3 is 14.7 Å². The molecule has 5 nitrogen and oxygen atoms in total. The molecule has 3 aliphatic rings. The van der Waals surface area contributed by atoms with E-state index in [2.05, 4.69) is 0 Å². The van der Waals surface area contributed by atoms with Crippen LogP contribution in [0.2, 0.25) is 0 Å². The first-order valence-electron chi connectivity index (χ1n) is 9.38. The smallest absolute Gasteiger partial charge is 0.326 e. The van der Waals surface area contributed by atoms with Crippen molar-refractivity contribution in [2.24, 2.45) is 5.92 Å². The van der Waals surface area contributed by atoms with Gasteiger partial charge in [0, 0.05) is 24.1 Å². The number of likely N-dealkylation sites (tertiary alicyclic amines) is 1. The molecule has 2 saturated heterocycles. The van der Waals surface area contributed by atoms with E-state index in [1.807, 2.05) is 24.3 Å². The van der Waals surface area contributed by atoms with Crippen molar-refractivity contribution in [3.05, 3.63) is 35.4 Å². The number of carboxylic acids is 1. The van der Waals surface area contributed by atoms with Gasteiger partial charge in [0.05, 0.1) is 6.61 Å². The maximum Gasteiger partial charge on any atom is 0.326 e. The van der Waals surface area contributed by atoms with Crippen LogP contribution < -0.4 is 0 Å². The van der Waals surface area contributed by atoms with Crippen LogP contribution in [-0.2, 0) is 9.53 Å². The average Bonchev–Trinajstić information content (AvgIpc) is 3.29. The Morgan fingerprint density at radius 1 is 1.16 bits per heavy atom. The molecule has 1 N–H and O–H groups in total. The summed E-state index contributed by atoms with van der Waals surface area (Å²) in [6, 6.07) is 7.11.